The van der Waals surface area contributed by atoms with Crippen molar-refractivity contribution < 1.29 is 19.2 Å². The van der Waals surface area contributed by atoms with Crippen molar-refractivity contribution in [3.8, 4) is 0 Å². The Morgan fingerprint density at radius 1 is 1.19 bits per heavy atom. The molecule has 0 aromatic rings. The second kappa shape index (κ2) is 6.34. The predicted molar refractivity (Wildman–Crippen MR) is 73.9 cm³/mol. The summed E-state index contributed by atoms with van der Waals surface area (Å²) >= 11 is 0. The number of piperidine rings is 1. The highest BCUT2D eigenvalue weighted by Gasteiger charge is 2.43. The maximum absolute atomic E-state index is 12.4. The van der Waals surface area contributed by atoms with Crippen molar-refractivity contribution in [1.29, 1.82) is 0 Å². The van der Waals surface area contributed by atoms with Gasteiger partial charge in [-0.1, -0.05) is 13.8 Å². The molecule has 2 fully saturated rings. The van der Waals surface area contributed by atoms with Crippen molar-refractivity contribution in [2.24, 2.45) is 0 Å². The van der Waals surface area contributed by atoms with Crippen LogP contribution in [0.3, 0.4) is 0 Å². The van der Waals surface area contributed by atoms with Gasteiger partial charge in [0.05, 0.1) is 18.5 Å². The summed E-state index contributed by atoms with van der Waals surface area (Å²) in [6, 6.07) is -1.34. The van der Waals surface area contributed by atoms with Gasteiger partial charge < -0.3 is 0 Å². The van der Waals surface area contributed by atoms with E-state index in [1.54, 1.807) is 0 Å². The van der Waals surface area contributed by atoms with Crippen LogP contribution in [0.4, 0.5) is 0 Å². The number of rotatable bonds is 5. The molecule has 2 aliphatic rings. The van der Waals surface area contributed by atoms with E-state index in [0.29, 0.717) is 6.42 Å². The molecule has 4 amide bonds. The lowest BCUT2D eigenvalue weighted by Crippen LogP contribution is -2.55. The number of nitrogens with one attached hydrogen (secondary N) is 2. The first-order valence-corrected chi connectivity index (χ1v) is 7.43. The van der Waals surface area contributed by atoms with E-state index < -0.39 is 18.0 Å². The first-order valence-electron chi connectivity index (χ1n) is 7.43. The number of carbonyl (C=O) groups excluding carboxylic acids is 4. The molecule has 2 atom stereocenters. The zero-order valence-electron chi connectivity index (χ0n) is 12.3. The fraction of sp³-hybridized carbons (Fsp3) is 0.714. The summed E-state index contributed by atoms with van der Waals surface area (Å²) in [5.74, 6) is -1.19. The SMILES string of the molecule is CCC(CC)N1C(=O)CC(NC2CCC(=O)NC2=O)C1=O. The third kappa shape index (κ3) is 3.12. The van der Waals surface area contributed by atoms with E-state index in [2.05, 4.69) is 10.6 Å². The van der Waals surface area contributed by atoms with Crippen LogP contribution in [0.1, 0.15) is 46.0 Å². The van der Waals surface area contributed by atoms with E-state index in [0.717, 1.165) is 12.8 Å². The smallest absolute Gasteiger partial charge is 0.247 e. The molecule has 116 valence electrons. The van der Waals surface area contributed by atoms with Gasteiger partial charge in [-0.25, -0.2) is 0 Å². The number of hydrogen-bond acceptors (Lipinski definition) is 5. The van der Waals surface area contributed by atoms with Crippen LogP contribution < -0.4 is 10.6 Å². The van der Waals surface area contributed by atoms with Crippen LogP contribution in [0.2, 0.25) is 0 Å². The normalized spacial score (nSPS) is 26.7. The Hall–Kier alpha value is -1.76. The highest BCUT2D eigenvalue weighted by atomic mass is 16.2. The molecular weight excluding hydrogens is 274 g/mol. The number of nitrogens with zero attached hydrogens (tertiary/aromatic N) is 1. The maximum Gasteiger partial charge on any atom is 0.247 e. The van der Waals surface area contributed by atoms with Crippen molar-refractivity contribution in [2.45, 2.75) is 64.1 Å². The van der Waals surface area contributed by atoms with Gasteiger partial charge in [0, 0.05) is 12.5 Å². The van der Waals surface area contributed by atoms with Gasteiger partial charge in [-0.15, -0.1) is 0 Å². The second-order valence-electron chi connectivity index (χ2n) is 5.50. The van der Waals surface area contributed by atoms with Gasteiger partial charge in [0.2, 0.25) is 23.6 Å². The van der Waals surface area contributed by atoms with Crippen LogP contribution in [0.5, 0.6) is 0 Å². The van der Waals surface area contributed by atoms with Crippen LogP contribution in [0.15, 0.2) is 0 Å². The Labute approximate surface area is 123 Å². The molecule has 2 saturated heterocycles. The third-order valence-corrected chi connectivity index (χ3v) is 4.13. The van der Waals surface area contributed by atoms with Gasteiger partial charge in [0.15, 0.2) is 0 Å². The molecule has 0 aromatic heterocycles. The van der Waals surface area contributed by atoms with Crippen LogP contribution in [0, 0.1) is 0 Å². The average molecular weight is 295 g/mol. The molecule has 21 heavy (non-hydrogen) atoms. The minimum absolute atomic E-state index is 0.0764. The minimum Gasteiger partial charge on any atom is -0.295 e. The first-order chi connectivity index (χ1) is 9.97. The highest BCUT2D eigenvalue weighted by molar-refractivity contribution is 6.06. The lowest BCUT2D eigenvalue weighted by Gasteiger charge is -2.26. The number of carbonyl (C=O) groups is 4. The predicted octanol–water partition coefficient (Wildman–Crippen LogP) is -0.303. The quantitative estimate of drug-likeness (QED) is 0.679. The summed E-state index contributed by atoms with van der Waals surface area (Å²) in [5, 5.41) is 5.16. The van der Waals surface area contributed by atoms with Crippen molar-refractivity contribution in [1.82, 2.24) is 15.5 Å². The van der Waals surface area contributed by atoms with Crippen molar-refractivity contribution >= 4 is 23.6 Å². The molecule has 2 heterocycles. The van der Waals surface area contributed by atoms with Gasteiger partial charge in [-0.2, -0.15) is 0 Å². The Bertz CT molecular complexity index is 473. The Balaban J connectivity index is 2.02. The van der Waals surface area contributed by atoms with E-state index in [1.165, 1.54) is 4.90 Å². The van der Waals surface area contributed by atoms with E-state index in [1.807, 2.05) is 13.8 Å². The summed E-state index contributed by atoms with van der Waals surface area (Å²) in [5.41, 5.74) is 0. The summed E-state index contributed by atoms with van der Waals surface area (Å²) < 4.78 is 0. The van der Waals surface area contributed by atoms with Crippen LogP contribution in [0.25, 0.3) is 0 Å². The van der Waals surface area contributed by atoms with Crippen molar-refractivity contribution in [3.63, 3.8) is 0 Å². The van der Waals surface area contributed by atoms with E-state index in [-0.39, 0.29) is 36.6 Å². The van der Waals surface area contributed by atoms with Gasteiger partial charge in [0.1, 0.15) is 0 Å². The van der Waals surface area contributed by atoms with E-state index in [9.17, 15) is 19.2 Å². The molecule has 2 N–H and O–H groups in total. The molecule has 2 unspecified atom stereocenters. The standard InChI is InChI=1S/C14H21N3O4/c1-3-8(4-2)17-12(19)7-10(14(17)21)15-9-5-6-11(18)16-13(9)20/h8-10,15H,3-7H2,1-2H3,(H,16,18,20). The molecular formula is C14H21N3O4. The number of hydrogen-bond donors (Lipinski definition) is 2. The molecule has 2 aliphatic heterocycles. The summed E-state index contributed by atoms with van der Waals surface area (Å²) in [6.45, 7) is 3.88. The molecule has 7 heteroatoms. The largest absolute Gasteiger partial charge is 0.295 e. The molecule has 0 aliphatic carbocycles. The molecule has 0 bridgehead atoms. The summed E-state index contributed by atoms with van der Waals surface area (Å²) in [7, 11) is 0. The van der Waals surface area contributed by atoms with Crippen LogP contribution in [-0.4, -0.2) is 46.7 Å². The van der Waals surface area contributed by atoms with Crippen LogP contribution in [-0.2, 0) is 19.2 Å². The molecule has 0 radical (unpaired) electrons. The lowest BCUT2D eigenvalue weighted by atomic mass is 10.0. The van der Waals surface area contributed by atoms with Crippen molar-refractivity contribution in [2.75, 3.05) is 0 Å². The average Bonchev–Trinajstić information content (AvgIpc) is 2.71. The summed E-state index contributed by atoms with van der Waals surface area (Å²) in [6.07, 6.45) is 2.12. The zero-order valence-corrected chi connectivity index (χ0v) is 12.3. The molecule has 2 rings (SSSR count). The third-order valence-electron chi connectivity index (χ3n) is 4.13. The number of amides is 4. The lowest BCUT2D eigenvalue weighted by molar-refractivity contribution is -0.141. The van der Waals surface area contributed by atoms with Gasteiger partial charge in [-0.3, -0.25) is 34.7 Å². The Morgan fingerprint density at radius 3 is 2.43 bits per heavy atom. The second-order valence-corrected chi connectivity index (χ2v) is 5.50. The van der Waals surface area contributed by atoms with Gasteiger partial charge in [-0.05, 0) is 19.3 Å². The van der Waals surface area contributed by atoms with E-state index >= 15 is 0 Å². The monoisotopic (exact) mass is 295 g/mol. The number of imide groups is 2. The van der Waals surface area contributed by atoms with E-state index in [4.69, 9.17) is 0 Å². The molecule has 0 spiro atoms. The fourth-order valence-electron chi connectivity index (χ4n) is 2.91. The molecule has 0 saturated carbocycles. The summed E-state index contributed by atoms with van der Waals surface area (Å²) in [4.78, 5) is 48.5. The first kappa shape index (κ1) is 15.6. The zero-order chi connectivity index (χ0) is 15.6. The Kier molecular flexibility index (Phi) is 4.72. The van der Waals surface area contributed by atoms with Gasteiger partial charge >= 0.3 is 0 Å². The van der Waals surface area contributed by atoms with Crippen LogP contribution >= 0.6 is 0 Å². The number of likely N-dealkylation sites (tertiary alicyclic amines) is 1. The fourth-order valence-corrected chi connectivity index (χ4v) is 2.91. The maximum atomic E-state index is 12.4. The molecule has 0 aromatic carbocycles. The molecule has 7 nitrogen and oxygen atoms in total. The minimum atomic E-state index is -0.665. The Morgan fingerprint density at radius 2 is 1.86 bits per heavy atom. The highest BCUT2D eigenvalue weighted by Crippen LogP contribution is 2.21. The van der Waals surface area contributed by atoms with Crippen molar-refractivity contribution in [3.05, 3.63) is 0 Å². The topological polar surface area (TPSA) is 95.6 Å². The van der Waals surface area contributed by atoms with Gasteiger partial charge in [0.25, 0.3) is 0 Å².